The first-order valence-electron chi connectivity index (χ1n) is 5.83. The molecule has 0 bridgehead atoms. The van der Waals surface area contributed by atoms with E-state index in [1.807, 2.05) is 0 Å². The van der Waals surface area contributed by atoms with Gasteiger partial charge in [0.2, 0.25) is 0 Å². The van der Waals surface area contributed by atoms with E-state index in [-0.39, 0.29) is 0 Å². The molecule has 82 valence electrons. The average molecular weight is 204 g/mol. The molecule has 1 heterocycles. The second-order valence-corrected chi connectivity index (χ2v) is 4.36. The first kappa shape index (κ1) is 10.7. The quantitative estimate of drug-likeness (QED) is 0.753. The van der Waals surface area contributed by atoms with Crippen LogP contribution in [-0.2, 0) is 0 Å². The van der Waals surface area contributed by atoms with E-state index in [4.69, 9.17) is 0 Å². The summed E-state index contributed by atoms with van der Waals surface area (Å²) in [5.74, 6) is 0. The standard InChI is InChI=1S/C13H20N2/c1-15-10-5-9-14-13(8-11-15)12-6-3-2-4-7-12/h2-4,6-7,13-14H,5,8-11H2,1H3. The van der Waals surface area contributed by atoms with Gasteiger partial charge in [-0.15, -0.1) is 0 Å². The van der Waals surface area contributed by atoms with E-state index in [0.29, 0.717) is 6.04 Å². The van der Waals surface area contributed by atoms with Crippen LogP contribution < -0.4 is 5.32 Å². The van der Waals surface area contributed by atoms with E-state index < -0.39 is 0 Å². The molecule has 0 aliphatic carbocycles. The van der Waals surface area contributed by atoms with Gasteiger partial charge in [-0.3, -0.25) is 0 Å². The minimum absolute atomic E-state index is 0.536. The molecule has 2 rings (SSSR count). The summed E-state index contributed by atoms with van der Waals surface area (Å²) in [4.78, 5) is 2.43. The highest BCUT2D eigenvalue weighted by molar-refractivity contribution is 5.18. The van der Waals surface area contributed by atoms with Gasteiger partial charge in [0.05, 0.1) is 0 Å². The molecule has 1 saturated heterocycles. The molecule has 1 aliphatic rings. The molecule has 0 aromatic heterocycles. The van der Waals surface area contributed by atoms with Gasteiger partial charge >= 0.3 is 0 Å². The van der Waals surface area contributed by atoms with Crippen LogP contribution in [0, 0.1) is 0 Å². The van der Waals surface area contributed by atoms with Gasteiger partial charge in [0, 0.05) is 6.04 Å². The summed E-state index contributed by atoms with van der Waals surface area (Å²) in [7, 11) is 2.22. The number of nitrogens with zero attached hydrogens (tertiary/aromatic N) is 1. The summed E-state index contributed by atoms with van der Waals surface area (Å²) < 4.78 is 0. The highest BCUT2D eigenvalue weighted by atomic mass is 15.1. The maximum atomic E-state index is 3.63. The SMILES string of the molecule is CN1CCCNC(c2ccccc2)CC1. The van der Waals surface area contributed by atoms with Crippen molar-refractivity contribution in [1.82, 2.24) is 10.2 Å². The van der Waals surface area contributed by atoms with Crippen molar-refractivity contribution in [3.63, 3.8) is 0 Å². The van der Waals surface area contributed by atoms with Gasteiger partial charge in [-0.1, -0.05) is 30.3 Å². The second kappa shape index (κ2) is 5.29. The van der Waals surface area contributed by atoms with Crippen molar-refractivity contribution in [3.05, 3.63) is 35.9 Å². The molecule has 15 heavy (non-hydrogen) atoms. The van der Waals surface area contributed by atoms with Crippen LogP contribution in [0.25, 0.3) is 0 Å². The smallest absolute Gasteiger partial charge is 0.0332 e. The predicted octanol–water partition coefficient (Wildman–Crippen LogP) is 2.04. The Bertz CT molecular complexity index is 284. The maximum absolute atomic E-state index is 3.63. The fourth-order valence-corrected chi connectivity index (χ4v) is 2.16. The number of hydrogen-bond donors (Lipinski definition) is 1. The van der Waals surface area contributed by atoms with E-state index in [0.717, 1.165) is 6.54 Å². The third-order valence-electron chi connectivity index (χ3n) is 3.11. The Morgan fingerprint density at radius 3 is 2.80 bits per heavy atom. The highest BCUT2D eigenvalue weighted by Crippen LogP contribution is 2.17. The summed E-state index contributed by atoms with van der Waals surface area (Å²) >= 11 is 0. The van der Waals surface area contributed by atoms with Crippen LogP contribution in [0.1, 0.15) is 24.4 Å². The van der Waals surface area contributed by atoms with Crippen LogP contribution in [0.15, 0.2) is 30.3 Å². The van der Waals surface area contributed by atoms with E-state index in [1.54, 1.807) is 0 Å². The summed E-state index contributed by atoms with van der Waals surface area (Å²) in [5, 5.41) is 3.63. The molecule has 0 spiro atoms. The van der Waals surface area contributed by atoms with Crippen molar-refractivity contribution < 1.29 is 0 Å². The molecule has 1 atom stereocenters. The molecule has 0 radical (unpaired) electrons. The van der Waals surface area contributed by atoms with E-state index in [1.165, 1.54) is 31.5 Å². The van der Waals surface area contributed by atoms with Crippen LogP contribution >= 0.6 is 0 Å². The monoisotopic (exact) mass is 204 g/mol. The second-order valence-electron chi connectivity index (χ2n) is 4.36. The van der Waals surface area contributed by atoms with Crippen molar-refractivity contribution in [2.75, 3.05) is 26.7 Å². The Hall–Kier alpha value is -0.860. The number of hydrogen-bond acceptors (Lipinski definition) is 2. The van der Waals surface area contributed by atoms with Gasteiger partial charge in [-0.25, -0.2) is 0 Å². The molecule has 1 aromatic rings. The maximum Gasteiger partial charge on any atom is 0.0332 e. The number of benzene rings is 1. The Kier molecular flexibility index (Phi) is 3.75. The fraction of sp³-hybridized carbons (Fsp3) is 0.538. The Labute approximate surface area is 92.3 Å². The minimum Gasteiger partial charge on any atom is -0.310 e. The first-order chi connectivity index (χ1) is 7.36. The van der Waals surface area contributed by atoms with Crippen LogP contribution in [0.5, 0.6) is 0 Å². The third kappa shape index (κ3) is 3.05. The highest BCUT2D eigenvalue weighted by Gasteiger charge is 2.13. The Balaban J connectivity index is 2.01. The van der Waals surface area contributed by atoms with Gasteiger partial charge in [-0.05, 0) is 45.1 Å². The number of nitrogens with one attached hydrogen (secondary N) is 1. The molecule has 1 aromatic carbocycles. The van der Waals surface area contributed by atoms with Crippen LogP contribution in [-0.4, -0.2) is 31.6 Å². The van der Waals surface area contributed by atoms with Gasteiger partial charge < -0.3 is 10.2 Å². The zero-order valence-electron chi connectivity index (χ0n) is 9.45. The van der Waals surface area contributed by atoms with Crippen LogP contribution in [0.4, 0.5) is 0 Å². The molecule has 2 nitrogen and oxygen atoms in total. The summed E-state index contributed by atoms with van der Waals surface area (Å²) in [6.45, 7) is 3.53. The lowest BCUT2D eigenvalue weighted by molar-refractivity contribution is 0.277. The van der Waals surface area contributed by atoms with Gasteiger partial charge in [-0.2, -0.15) is 0 Å². The molecule has 1 unspecified atom stereocenters. The summed E-state index contributed by atoms with van der Waals surface area (Å²) in [5.41, 5.74) is 1.42. The summed E-state index contributed by atoms with van der Waals surface area (Å²) in [6, 6.07) is 11.3. The molecular formula is C13H20N2. The van der Waals surface area contributed by atoms with Crippen LogP contribution in [0.2, 0.25) is 0 Å². The van der Waals surface area contributed by atoms with Gasteiger partial charge in [0.25, 0.3) is 0 Å². The van der Waals surface area contributed by atoms with Crippen molar-refractivity contribution in [1.29, 1.82) is 0 Å². The summed E-state index contributed by atoms with van der Waals surface area (Å²) in [6.07, 6.45) is 2.46. The molecule has 0 amide bonds. The Morgan fingerprint density at radius 2 is 2.00 bits per heavy atom. The molecule has 1 aliphatic heterocycles. The first-order valence-corrected chi connectivity index (χ1v) is 5.83. The van der Waals surface area contributed by atoms with Crippen molar-refractivity contribution >= 4 is 0 Å². The molecule has 1 fully saturated rings. The van der Waals surface area contributed by atoms with E-state index in [9.17, 15) is 0 Å². The third-order valence-corrected chi connectivity index (χ3v) is 3.11. The number of rotatable bonds is 1. The lowest BCUT2D eigenvalue weighted by Gasteiger charge is -2.26. The molecular weight excluding hydrogens is 184 g/mol. The average Bonchev–Trinajstić information content (AvgIpc) is 2.25. The lowest BCUT2D eigenvalue weighted by Crippen LogP contribution is -2.33. The zero-order valence-corrected chi connectivity index (χ0v) is 9.45. The normalized spacial score (nSPS) is 24.5. The van der Waals surface area contributed by atoms with Crippen molar-refractivity contribution in [3.8, 4) is 0 Å². The predicted molar refractivity (Wildman–Crippen MR) is 63.9 cm³/mol. The van der Waals surface area contributed by atoms with Gasteiger partial charge in [0.15, 0.2) is 0 Å². The molecule has 1 N–H and O–H groups in total. The minimum atomic E-state index is 0.536. The van der Waals surface area contributed by atoms with Crippen molar-refractivity contribution in [2.24, 2.45) is 0 Å². The largest absolute Gasteiger partial charge is 0.310 e. The zero-order chi connectivity index (χ0) is 10.5. The van der Waals surface area contributed by atoms with E-state index >= 15 is 0 Å². The van der Waals surface area contributed by atoms with E-state index in [2.05, 4.69) is 47.6 Å². The van der Waals surface area contributed by atoms with Crippen LogP contribution in [0.3, 0.4) is 0 Å². The molecule has 2 heteroatoms. The van der Waals surface area contributed by atoms with Crippen molar-refractivity contribution in [2.45, 2.75) is 18.9 Å². The fourth-order valence-electron chi connectivity index (χ4n) is 2.16. The Morgan fingerprint density at radius 1 is 1.20 bits per heavy atom. The van der Waals surface area contributed by atoms with Gasteiger partial charge in [0.1, 0.15) is 0 Å². The topological polar surface area (TPSA) is 15.3 Å². The lowest BCUT2D eigenvalue weighted by atomic mass is 10.0. The molecule has 0 saturated carbocycles.